The van der Waals surface area contributed by atoms with Crippen LogP contribution in [0.4, 0.5) is 5.69 Å². The second-order valence-corrected chi connectivity index (χ2v) is 7.80. The van der Waals surface area contributed by atoms with Crippen LogP contribution < -0.4 is 14.4 Å². The molecular formula is C23H17N3O4. The topological polar surface area (TPSA) is 82.9 Å². The molecule has 7 heteroatoms. The number of hydrogen-bond acceptors (Lipinski definition) is 6. The third-order valence-electron chi connectivity index (χ3n) is 6.38. The maximum Gasteiger partial charge on any atom is 0.240 e. The first kappa shape index (κ1) is 17.1. The second-order valence-electron chi connectivity index (χ2n) is 7.80. The minimum atomic E-state index is -0.712. The maximum absolute atomic E-state index is 13.6. The summed E-state index contributed by atoms with van der Waals surface area (Å²) in [5.74, 6) is -0.830. The molecular weight excluding hydrogens is 382 g/mol. The van der Waals surface area contributed by atoms with Gasteiger partial charge in [0.15, 0.2) is 11.5 Å². The first-order valence-corrected chi connectivity index (χ1v) is 9.90. The van der Waals surface area contributed by atoms with Crippen molar-refractivity contribution < 1.29 is 19.1 Å². The summed E-state index contributed by atoms with van der Waals surface area (Å²) in [4.78, 5) is 30.1. The molecule has 7 nitrogen and oxygen atoms in total. The van der Waals surface area contributed by atoms with E-state index in [-0.39, 0.29) is 17.9 Å². The lowest BCUT2D eigenvalue weighted by atomic mass is 9.85. The summed E-state index contributed by atoms with van der Waals surface area (Å²) in [7, 11) is 0. The lowest BCUT2D eigenvalue weighted by Crippen LogP contribution is -2.40. The molecule has 4 heterocycles. The quantitative estimate of drug-likeness (QED) is 0.686. The van der Waals surface area contributed by atoms with E-state index < -0.39 is 17.9 Å². The SMILES string of the molecule is N#C[C@H]1[C@H]2C(=O)N(c3ccc4c(c3)OCCO4)C(=O)[C@@H]2[C@@H]2c3ccccc3C=CN12. The van der Waals surface area contributed by atoms with Crippen LogP contribution in [0, 0.1) is 23.2 Å². The molecule has 0 spiro atoms. The molecule has 0 bridgehead atoms. The number of anilines is 1. The third-order valence-corrected chi connectivity index (χ3v) is 6.38. The van der Waals surface area contributed by atoms with Crippen LogP contribution in [0.1, 0.15) is 17.2 Å². The smallest absolute Gasteiger partial charge is 0.240 e. The van der Waals surface area contributed by atoms with Crippen molar-refractivity contribution in [3.05, 3.63) is 59.8 Å². The van der Waals surface area contributed by atoms with E-state index in [1.54, 1.807) is 18.2 Å². The van der Waals surface area contributed by atoms with Gasteiger partial charge in [-0.25, -0.2) is 4.90 Å². The number of ether oxygens (including phenoxy) is 2. The molecule has 2 aromatic carbocycles. The highest BCUT2D eigenvalue weighted by atomic mass is 16.6. The van der Waals surface area contributed by atoms with Gasteiger partial charge in [-0.2, -0.15) is 5.26 Å². The van der Waals surface area contributed by atoms with E-state index in [0.717, 1.165) is 11.1 Å². The molecule has 4 aliphatic rings. The van der Waals surface area contributed by atoms with Crippen LogP contribution in [0.25, 0.3) is 6.08 Å². The van der Waals surface area contributed by atoms with Crippen LogP contribution in [-0.2, 0) is 9.59 Å². The molecule has 0 N–H and O–H groups in total. The van der Waals surface area contributed by atoms with E-state index in [1.807, 2.05) is 41.4 Å². The summed E-state index contributed by atoms with van der Waals surface area (Å²) in [6.07, 6.45) is 3.78. The number of nitrogens with zero attached hydrogens (tertiary/aromatic N) is 3. The molecule has 2 aromatic rings. The lowest BCUT2D eigenvalue weighted by molar-refractivity contribution is -0.123. The van der Waals surface area contributed by atoms with Crippen molar-refractivity contribution in [1.29, 1.82) is 5.26 Å². The Hall–Kier alpha value is -3.79. The number of carbonyl (C=O) groups excluding carboxylic acids is 2. The summed E-state index contributed by atoms with van der Waals surface area (Å²) >= 11 is 0. The van der Waals surface area contributed by atoms with E-state index >= 15 is 0 Å². The van der Waals surface area contributed by atoms with Gasteiger partial charge in [-0.1, -0.05) is 24.3 Å². The van der Waals surface area contributed by atoms with Crippen LogP contribution in [-0.4, -0.2) is 36.0 Å². The summed E-state index contributed by atoms with van der Waals surface area (Å²) in [5.41, 5.74) is 2.43. The Labute approximate surface area is 172 Å². The fourth-order valence-electron chi connectivity index (χ4n) is 5.13. The monoisotopic (exact) mass is 399 g/mol. The first-order chi connectivity index (χ1) is 14.7. The summed E-state index contributed by atoms with van der Waals surface area (Å²) in [5, 5.41) is 9.87. The highest BCUT2D eigenvalue weighted by Gasteiger charge is 2.63. The predicted octanol–water partition coefficient (Wildman–Crippen LogP) is 2.50. The molecule has 4 atom stereocenters. The van der Waals surface area contributed by atoms with Crippen molar-refractivity contribution in [2.45, 2.75) is 12.1 Å². The number of fused-ring (bicyclic) bond motifs is 6. The Morgan fingerprint density at radius 1 is 0.967 bits per heavy atom. The molecule has 0 radical (unpaired) electrons. The molecule has 0 aromatic heterocycles. The molecule has 30 heavy (non-hydrogen) atoms. The Bertz CT molecular complexity index is 1170. The summed E-state index contributed by atoms with van der Waals surface area (Å²) in [6, 6.07) is 14.1. The number of benzene rings is 2. The van der Waals surface area contributed by atoms with Gasteiger partial charge in [-0.05, 0) is 29.3 Å². The van der Waals surface area contributed by atoms with Gasteiger partial charge < -0.3 is 14.4 Å². The minimum Gasteiger partial charge on any atom is -0.486 e. The first-order valence-electron chi connectivity index (χ1n) is 9.90. The van der Waals surface area contributed by atoms with Gasteiger partial charge in [-0.3, -0.25) is 9.59 Å². The van der Waals surface area contributed by atoms with Crippen LogP contribution in [0.2, 0.25) is 0 Å². The zero-order chi connectivity index (χ0) is 20.4. The van der Waals surface area contributed by atoms with Crippen LogP contribution in [0.3, 0.4) is 0 Å². The van der Waals surface area contributed by atoms with Crippen molar-refractivity contribution in [1.82, 2.24) is 4.90 Å². The maximum atomic E-state index is 13.6. The van der Waals surface area contributed by atoms with Gasteiger partial charge in [-0.15, -0.1) is 0 Å². The van der Waals surface area contributed by atoms with Gasteiger partial charge in [0.25, 0.3) is 0 Å². The van der Waals surface area contributed by atoms with Crippen molar-refractivity contribution in [2.24, 2.45) is 11.8 Å². The van der Waals surface area contributed by atoms with Crippen LogP contribution in [0.15, 0.2) is 48.7 Å². The van der Waals surface area contributed by atoms with Crippen LogP contribution in [0.5, 0.6) is 11.5 Å². The normalized spacial score (nSPS) is 28.1. The van der Waals surface area contributed by atoms with Gasteiger partial charge in [0, 0.05) is 12.3 Å². The van der Waals surface area contributed by atoms with E-state index in [9.17, 15) is 14.9 Å². The lowest BCUT2D eigenvalue weighted by Gasteiger charge is -2.33. The summed E-state index contributed by atoms with van der Waals surface area (Å²) < 4.78 is 11.2. The zero-order valence-corrected chi connectivity index (χ0v) is 15.9. The van der Waals surface area contributed by atoms with Gasteiger partial charge in [0.1, 0.15) is 19.3 Å². The van der Waals surface area contributed by atoms with Gasteiger partial charge in [0.05, 0.1) is 29.6 Å². The predicted molar refractivity (Wildman–Crippen MR) is 106 cm³/mol. The van der Waals surface area contributed by atoms with E-state index in [2.05, 4.69) is 6.07 Å². The Morgan fingerprint density at radius 3 is 2.57 bits per heavy atom. The average molecular weight is 399 g/mol. The number of carbonyl (C=O) groups is 2. The highest BCUT2D eigenvalue weighted by Crippen LogP contribution is 2.53. The highest BCUT2D eigenvalue weighted by molar-refractivity contribution is 6.23. The molecule has 0 unspecified atom stereocenters. The van der Waals surface area contributed by atoms with Gasteiger partial charge >= 0.3 is 0 Å². The number of imide groups is 1. The number of rotatable bonds is 1. The standard InChI is InChI=1S/C23H17N3O4/c24-12-16-19-20(21-15-4-2-1-3-13(15)7-8-25(16)21)23(28)26(22(19)27)14-5-6-17-18(11-14)30-10-9-29-17/h1-8,11,16,19-21H,9-10H2/t16-,19+,20-,21-/m0/s1. The van der Waals surface area contributed by atoms with Crippen molar-refractivity contribution >= 4 is 23.6 Å². The molecule has 0 saturated carbocycles. The molecule has 6 rings (SSSR count). The Morgan fingerprint density at radius 2 is 1.73 bits per heavy atom. The number of amides is 2. The largest absolute Gasteiger partial charge is 0.486 e. The molecule has 0 aliphatic carbocycles. The van der Waals surface area contributed by atoms with E-state index in [1.165, 1.54) is 4.90 Å². The minimum absolute atomic E-state index is 0.278. The summed E-state index contributed by atoms with van der Waals surface area (Å²) in [6.45, 7) is 0.882. The van der Waals surface area contributed by atoms with E-state index in [0.29, 0.717) is 30.4 Å². The molecule has 148 valence electrons. The second kappa shape index (κ2) is 6.10. The number of hydrogen-bond donors (Lipinski definition) is 0. The van der Waals surface area contributed by atoms with Crippen molar-refractivity contribution in [2.75, 3.05) is 18.1 Å². The fraction of sp³-hybridized carbons (Fsp3) is 0.261. The van der Waals surface area contributed by atoms with Crippen molar-refractivity contribution in [3.8, 4) is 17.6 Å². The van der Waals surface area contributed by atoms with Gasteiger partial charge in [0.2, 0.25) is 11.8 Å². The van der Waals surface area contributed by atoms with Crippen molar-refractivity contribution in [3.63, 3.8) is 0 Å². The molecule has 2 amide bonds. The Balaban J connectivity index is 1.44. The zero-order valence-electron chi connectivity index (χ0n) is 15.9. The van der Waals surface area contributed by atoms with E-state index in [4.69, 9.17) is 9.47 Å². The number of nitriles is 1. The Kier molecular flexibility index (Phi) is 3.48. The molecule has 4 aliphatic heterocycles. The average Bonchev–Trinajstić information content (AvgIpc) is 3.25. The third kappa shape index (κ3) is 2.13. The molecule has 2 fully saturated rings. The fourth-order valence-corrected chi connectivity index (χ4v) is 5.13. The van der Waals surface area contributed by atoms with Crippen LogP contribution >= 0.6 is 0 Å². The molecule has 2 saturated heterocycles.